The van der Waals surface area contributed by atoms with Gasteiger partial charge in [0.15, 0.2) is 0 Å². The molecule has 0 spiro atoms. The van der Waals surface area contributed by atoms with Crippen molar-refractivity contribution in [2.45, 2.75) is 27.7 Å². The molecule has 4 nitrogen and oxygen atoms in total. The summed E-state index contributed by atoms with van der Waals surface area (Å²) in [5.74, 6) is 0. The average Bonchev–Trinajstić information content (AvgIpc) is 2.33. The predicted octanol–water partition coefficient (Wildman–Crippen LogP) is 2.34. The number of hydrogen-bond donors (Lipinski definition) is 0. The molecule has 0 saturated heterocycles. The number of nitriles is 1. The molecule has 0 aliphatic carbocycles. The third-order valence-electron chi connectivity index (χ3n) is 3.06. The lowest BCUT2D eigenvalue weighted by Gasteiger charge is -2.10. The van der Waals surface area contributed by atoms with Crippen LogP contribution in [0.2, 0.25) is 0 Å². The smallest absolute Gasteiger partial charge is 0.267 e. The lowest BCUT2D eigenvalue weighted by atomic mass is 10.1. The molecule has 0 atom stereocenters. The zero-order valence-electron chi connectivity index (χ0n) is 11.5. The minimum Gasteiger partial charge on any atom is -0.267 e. The first-order valence-corrected chi connectivity index (χ1v) is 6.03. The van der Waals surface area contributed by atoms with Gasteiger partial charge in [0, 0.05) is 5.56 Å². The summed E-state index contributed by atoms with van der Waals surface area (Å²) in [6.07, 6.45) is 0. The monoisotopic (exact) mass is 253 g/mol. The Morgan fingerprint density at radius 3 is 2.21 bits per heavy atom. The second-order valence-electron chi connectivity index (χ2n) is 4.76. The van der Waals surface area contributed by atoms with Crippen LogP contribution in [0.1, 0.15) is 27.9 Å². The van der Waals surface area contributed by atoms with E-state index in [9.17, 15) is 4.79 Å². The molecule has 0 bridgehead atoms. The standard InChI is InChI=1S/C15H15N3O/c1-9-5-10(2)7-13(6-9)18-15(19)11(3)14(8-16)12(4)17-18/h5-7H,1-4H3. The zero-order chi connectivity index (χ0) is 14.2. The minimum atomic E-state index is -0.243. The Hall–Kier alpha value is -2.41. The molecule has 1 heterocycles. The largest absolute Gasteiger partial charge is 0.275 e. The van der Waals surface area contributed by atoms with Crippen molar-refractivity contribution in [1.29, 1.82) is 5.26 Å². The molecule has 0 fully saturated rings. The number of aromatic nitrogens is 2. The van der Waals surface area contributed by atoms with Gasteiger partial charge in [-0.1, -0.05) is 6.07 Å². The molecular weight excluding hydrogens is 238 g/mol. The highest BCUT2D eigenvalue weighted by Crippen LogP contribution is 2.13. The van der Waals surface area contributed by atoms with E-state index in [2.05, 4.69) is 5.10 Å². The van der Waals surface area contributed by atoms with Gasteiger partial charge in [0.05, 0.1) is 16.9 Å². The van der Waals surface area contributed by atoms with E-state index in [0.29, 0.717) is 16.8 Å². The Labute approximate surface area is 111 Å². The van der Waals surface area contributed by atoms with Gasteiger partial charge in [-0.2, -0.15) is 15.0 Å². The Balaban J connectivity index is 2.78. The second-order valence-corrected chi connectivity index (χ2v) is 4.76. The third kappa shape index (κ3) is 2.27. The molecule has 0 aliphatic rings. The molecule has 0 radical (unpaired) electrons. The summed E-state index contributed by atoms with van der Waals surface area (Å²) >= 11 is 0. The van der Waals surface area contributed by atoms with Crippen LogP contribution in [0.15, 0.2) is 23.0 Å². The molecule has 1 aromatic heterocycles. The van der Waals surface area contributed by atoms with Gasteiger partial charge < -0.3 is 0 Å². The van der Waals surface area contributed by atoms with Gasteiger partial charge in [-0.15, -0.1) is 0 Å². The first-order valence-electron chi connectivity index (χ1n) is 6.03. The summed E-state index contributed by atoms with van der Waals surface area (Å²) in [7, 11) is 0. The van der Waals surface area contributed by atoms with E-state index in [0.717, 1.165) is 16.8 Å². The van der Waals surface area contributed by atoms with Crippen molar-refractivity contribution in [3.63, 3.8) is 0 Å². The fourth-order valence-corrected chi connectivity index (χ4v) is 2.20. The molecule has 2 aromatic rings. The minimum absolute atomic E-state index is 0.243. The quantitative estimate of drug-likeness (QED) is 0.783. The maximum atomic E-state index is 12.3. The maximum absolute atomic E-state index is 12.3. The number of nitrogens with zero attached hydrogens (tertiary/aromatic N) is 3. The number of aryl methyl sites for hydroxylation is 3. The summed E-state index contributed by atoms with van der Waals surface area (Å²) in [6.45, 7) is 7.36. The first-order chi connectivity index (χ1) is 8.93. The van der Waals surface area contributed by atoms with Crippen molar-refractivity contribution in [3.8, 4) is 11.8 Å². The molecule has 1 aromatic carbocycles. The van der Waals surface area contributed by atoms with Crippen molar-refractivity contribution in [3.05, 3.63) is 56.5 Å². The van der Waals surface area contributed by atoms with Crippen LogP contribution in [0.4, 0.5) is 0 Å². The summed E-state index contributed by atoms with van der Waals surface area (Å²) in [5.41, 5.74) is 4.01. The van der Waals surface area contributed by atoms with Gasteiger partial charge in [0.25, 0.3) is 5.56 Å². The van der Waals surface area contributed by atoms with Crippen LogP contribution in [-0.2, 0) is 0 Å². The highest BCUT2D eigenvalue weighted by molar-refractivity contribution is 5.43. The van der Waals surface area contributed by atoms with Crippen molar-refractivity contribution in [2.75, 3.05) is 0 Å². The van der Waals surface area contributed by atoms with E-state index in [4.69, 9.17) is 5.26 Å². The molecule has 0 amide bonds. The van der Waals surface area contributed by atoms with Crippen LogP contribution in [0.5, 0.6) is 0 Å². The van der Waals surface area contributed by atoms with Crippen molar-refractivity contribution in [2.24, 2.45) is 0 Å². The molecule has 19 heavy (non-hydrogen) atoms. The number of rotatable bonds is 1. The first kappa shape index (κ1) is 13.0. The molecule has 4 heteroatoms. The normalized spacial score (nSPS) is 10.3. The molecule has 96 valence electrons. The molecule has 0 saturated carbocycles. The Morgan fingerprint density at radius 2 is 1.68 bits per heavy atom. The summed E-state index contributed by atoms with van der Waals surface area (Å²) in [6, 6.07) is 7.89. The lowest BCUT2D eigenvalue weighted by Crippen LogP contribution is -2.26. The van der Waals surface area contributed by atoms with Gasteiger partial charge in [-0.25, -0.2) is 0 Å². The van der Waals surface area contributed by atoms with Gasteiger partial charge in [0.1, 0.15) is 6.07 Å². The topological polar surface area (TPSA) is 58.7 Å². The van der Waals surface area contributed by atoms with E-state index >= 15 is 0 Å². The highest BCUT2D eigenvalue weighted by atomic mass is 16.1. The van der Waals surface area contributed by atoms with E-state index in [-0.39, 0.29) is 5.56 Å². The van der Waals surface area contributed by atoms with E-state index in [1.54, 1.807) is 13.8 Å². The molecule has 0 aliphatic heterocycles. The van der Waals surface area contributed by atoms with Gasteiger partial charge >= 0.3 is 0 Å². The molecular formula is C15H15N3O. The Morgan fingerprint density at radius 1 is 1.11 bits per heavy atom. The van der Waals surface area contributed by atoms with Crippen LogP contribution in [0.3, 0.4) is 0 Å². The van der Waals surface area contributed by atoms with Crippen LogP contribution >= 0.6 is 0 Å². The van der Waals surface area contributed by atoms with E-state index in [1.165, 1.54) is 4.68 Å². The van der Waals surface area contributed by atoms with Gasteiger partial charge in [-0.3, -0.25) is 4.79 Å². The molecule has 0 N–H and O–H groups in total. The second kappa shape index (κ2) is 4.69. The maximum Gasteiger partial charge on any atom is 0.275 e. The van der Waals surface area contributed by atoms with E-state index < -0.39 is 0 Å². The zero-order valence-corrected chi connectivity index (χ0v) is 11.5. The Bertz CT molecular complexity index is 731. The van der Waals surface area contributed by atoms with E-state index in [1.807, 2.05) is 38.1 Å². The highest BCUT2D eigenvalue weighted by Gasteiger charge is 2.12. The van der Waals surface area contributed by atoms with Crippen LogP contribution in [0.25, 0.3) is 5.69 Å². The average molecular weight is 253 g/mol. The van der Waals surface area contributed by atoms with Gasteiger partial charge in [-0.05, 0) is 51.0 Å². The lowest BCUT2D eigenvalue weighted by molar-refractivity contribution is 0.770. The van der Waals surface area contributed by atoms with Crippen LogP contribution < -0.4 is 5.56 Å². The molecule has 2 rings (SSSR count). The van der Waals surface area contributed by atoms with Gasteiger partial charge in [0.2, 0.25) is 0 Å². The third-order valence-corrected chi connectivity index (χ3v) is 3.06. The summed E-state index contributed by atoms with van der Waals surface area (Å²) in [5, 5.41) is 13.3. The van der Waals surface area contributed by atoms with Crippen LogP contribution in [-0.4, -0.2) is 9.78 Å². The summed E-state index contributed by atoms with van der Waals surface area (Å²) in [4.78, 5) is 12.3. The predicted molar refractivity (Wildman–Crippen MR) is 73.5 cm³/mol. The SMILES string of the molecule is Cc1cc(C)cc(-n2nc(C)c(C#N)c(C)c2=O)c1. The summed E-state index contributed by atoms with van der Waals surface area (Å²) < 4.78 is 1.37. The number of hydrogen-bond acceptors (Lipinski definition) is 3. The fourth-order valence-electron chi connectivity index (χ4n) is 2.20. The molecule has 0 unspecified atom stereocenters. The van der Waals surface area contributed by atoms with Crippen LogP contribution in [0, 0.1) is 39.0 Å². The van der Waals surface area contributed by atoms with Crippen molar-refractivity contribution < 1.29 is 0 Å². The van der Waals surface area contributed by atoms with Crippen molar-refractivity contribution >= 4 is 0 Å². The Kier molecular flexibility index (Phi) is 3.22. The number of benzene rings is 1. The fraction of sp³-hybridized carbons (Fsp3) is 0.267. The van der Waals surface area contributed by atoms with Crippen molar-refractivity contribution in [1.82, 2.24) is 9.78 Å².